The summed E-state index contributed by atoms with van der Waals surface area (Å²) in [5, 5.41) is 4.35. The first-order valence-corrected chi connectivity index (χ1v) is 9.64. The highest BCUT2D eigenvalue weighted by Gasteiger charge is 2.25. The third kappa shape index (κ3) is 4.40. The molecular formula is C16H22N4O2S. The molecule has 6 nitrogen and oxygen atoms in total. The predicted molar refractivity (Wildman–Crippen MR) is 89.5 cm³/mol. The van der Waals surface area contributed by atoms with E-state index in [0.717, 1.165) is 31.7 Å². The Bertz CT molecular complexity index is 742. The molecule has 0 spiro atoms. The van der Waals surface area contributed by atoms with E-state index in [1.165, 1.54) is 11.8 Å². The number of rotatable bonds is 6. The molecule has 1 aromatic carbocycles. The SMILES string of the molecule is CS(=O)(=O)NC[C@@H]1CN(CCc2ccccc2)Cc2ccnn21. The summed E-state index contributed by atoms with van der Waals surface area (Å²) in [5.41, 5.74) is 2.45. The van der Waals surface area contributed by atoms with Gasteiger partial charge < -0.3 is 0 Å². The van der Waals surface area contributed by atoms with Crippen LogP contribution in [0.25, 0.3) is 0 Å². The molecule has 1 aliphatic rings. The zero-order valence-corrected chi connectivity index (χ0v) is 14.0. The molecule has 7 heteroatoms. The fraction of sp³-hybridized carbons (Fsp3) is 0.438. The van der Waals surface area contributed by atoms with Crippen molar-refractivity contribution in [2.75, 3.05) is 25.9 Å². The summed E-state index contributed by atoms with van der Waals surface area (Å²) in [5.74, 6) is 0. The molecular weight excluding hydrogens is 312 g/mol. The second-order valence-electron chi connectivity index (χ2n) is 6.01. The quantitative estimate of drug-likeness (QED) is 0.857. The minimum absolute atomic E-state index is 0.0271. The average molecular weight is 334 g/mol. The van der Waals surface area contributed by atoms with Crippen molar-refractivity contribution >= 4 is 10.0 Å². The normalized spacial score (nSPS) is 18.7. The van der Waals surface area contributed by atoms with E-state index in [1.807, 2.05) is 16.8 Å². The van der Waals surface area contributed by atoms with Crippen LogP contribution in [0, 0.1) is 0 Å². The molecule has 124 valence electrons. The zero-order chi connectivity index (χ0) is 16.3. The minimum Gasteiger partial charge on any atom is -0.295 e. The average Bonchev–Trinajstić information content (AvgIpc) is 2.99. The van der Waals surface area contributed by atoms with Gasteiger partial charge in [-0.05, 0) is 18.1 Å². The van der Waals surface area contributed by atoms with Gasteiger partial charge in [-0.2, -0.15) is 5.10 Å². The molecule has 3 rings (SSSR count). The Kier molecular flexibility index (Phi) is 4.79. The van der Waals surface area contributed by atoms with Crippen LogP contribution in [0.2, 0.25) is 0 Å². The van der Waals surface area contributed by atoms with Crippen molar-refractivity contribution in [2.24, 2.45) is 0 Å². The number of nitrogens with one attached hydrogen (secondary N) is 1. The van der Waals surface area contributed by atoms with E-state index >= 15 is 0 Å². The smallest absolute Gasteiger partial charge is 0.208 e. The third-order valence-electron chi connectivity index (χ3n) is 4.09. The molecule has 0 saturated carbocycles. The molecule has 0 bridgehead atoms. The molecule has 2 heterocycles. The van der Waals surface area contributed by atoms with Crippen molar-refractivity contribution < 1.29 is 8.42 Å². The minimum atomic E-state index is -3.19. The summed E-state index contributed by atoms with van der Waals surface area (Å²) in [7, 11) is -3.19. The fourth-order valence-electron chi connectivity index (χ4n) is 2.97. The van der Waals surface area contributed by atoms with Crippen LogP contribution in [-0.4, -0.2) is 49.0 Å². The van der Waals surface area contributed by atoms with Crippen LogP contribution in [0.5, 0.6) is 0 Å². The standard InChI is InChI=1S/C16H22N4O2S/c1-23(21,22)18-11-16-13-19(12-15-7-9-17-20(15)16)10-8-14-5-3-2-4-6-14/h2-7,9,16,18H,8,10-13H2,1H3/t16-/m1/s1. The lowest BCUT2D eigenvalue weighted by Crippen LogP contribution is -2.43. The number of hydrogen-bond acceptors (Lipinski definition) is 4. The van der Waals surface area contributed by atoms with Gasteiger partial charge in [-0.15, -0.1) is 0 Å². The molecule has 1 aromatic heterocycles. The first kappa shape index (κ1) is 16.2. The van der Waals surface area contributed by atoms with Crippen LogP contribution in [0.15, 0.2) is 42.6 Å². The molecule has 23 heavy (non-hydrogen) atoms. The number of nitrogens with zero attached hydrogens (tertiary/aromatic N) is 3. The first-order valence-electron chi connectivity index (χ1n) is 7.74. The molecule has 0 radical (unpaired) electrons. The number of fused-ring (bicyclic) bond motifs is 1. The molecule has 0 saturated heterocycles. The predicted octanol–water partition coefficient (Wildman–Crippen LogP) is 1.03. The highest BCUT2D eigenvalue weighted by atomic mass is 32.2. The van der Waals surface area contributed by atoms with Gasteiger partial charge >= 0.3 is 0 Å². The van der Waals surface area contributed by atoms with Crippen molar-refractivity contribution in [3.05, 3.63) is 53.9 Å². The van der Waals surface area contributed by atoms with Gasteiger partial charge in [0.15, 0.2) is 0 Å². The molecule has 0 aliphatic carbocycles. The van der Waals surface area contributed by atoms with Gasteiger partial charge in [0.05, 0.1) is 18.0 Å². The molecule has 1 atom stereocenters. The van der Waals surface area contributed by atoms with Crippen molar-refractivity contribution in [1.29, 1.82) is 0 Å². The Morgan fingerprint density at radius 2 is 2.04 bits per heavy atom. The van der Waals surface area contributed by atoms with Gasteiger partial charge in [0.2, 0.25) is 10.0 Å². The number of benzene rings is 1. The Balaban J connectivity index is 1.65. The lowest BCUT2D eigenvalue weighted by Gasteiger charge is -2.34. The molecule has 0 amide bonds. The maximum Gasteiger partial charge on any atom is 0.208 e. The first-order chi connectivity index (χ1) is 11.0. The van der Waals surface area contributed by atoms with E-state index in [4.69, 9.17) is 0 Å². The second kappa shape index (κ2) is 6.82. The van der Waals surface area contributed by atoms with Gasteiger partial charge in [-0.3, -0.25) is 9.58 Å². The fourth-order valence-corrected chi connectivity index (χ4v) is 3.46. The van der Waals surface area contributed by atoms with Gasteiger partial charge in [0.1, 0.15) is 0 Å². The van der Waals surface area contributed by atoms with E-state index < -0.39 is 10.0 Å². The Labute approximate surface area is 137 Å². The Hall–Kier alpha value is -1.70. The van der Waals surface area contributed by atoms with E-state index in [0.29, 0.717) is 6.54 Å². The molecule has 1 aliphatic heterocycles. The van der Waals surface area contributed by atoms with Crippen LogP contribution in [0.4, 0.5) is 0 Å². The maximum absolute atomic E-state index is 11.4. The lowest BCUT2D eigenvalue weighted by atomic mass is 10.1. The summed E-state index contributed by atoms with van der Waals surface area (Å²) in [6, 6.07) is 12.4. The zero-order valence-electron chi connectivity index (χ0n) is 13.2. The van der Waals surface area contributed by atoms with Crippen LogP contribution < -0.4 is 4.72 Å². The van der Waals surface area contributed by atoms with Gasteiger partial charge in [0.25, 0.3) is 0 Å². The Morgan fingerprint density at radius 1 is 1.26 bits per heavy atom. The van der Waals surface area contributed by atoms with Crippen LogP contribution in [0.3, 0.4) is 0 Å². The third-order valence-corrected chi connectivity index (χ3v) is 4.78. The summed E-state index contributed by atoms with van der Waals surface area (Å²) in [4.78, 5) is 2.36. The van der Waals surface area contributed by atoms with Crippen LogP contribution in [-0.2, 0) is 23.0 Å². The molecule has 1 N–H and O–H groups in total. The lowest BCUT2D eigenvalue weighted by molar-refractivity contribution is 0.177. The molecule has 2 aromatic rings. The summed E-state index contributed by atoms with van der Waals surface area (Å²) in [6.07, 6.45) is 3.96. The summed E-state index contributed by atoms with van der Waals surface area (Å²) >= 11 is 0. The van der Waals surface area contributed by atoms with Crippen LogP contribution in [0.1, 0.15) is 17.3 Å². The van der Waals surface area contributed by atoms with Gasteiger partial charge in [-0.25, -0.2) is 13.1 Å². The van der Waals surface area contributed by atoms with Crippen molar-refractivity contribution in [2.45, 2.75) is 19.0 Å². The largest absolute Gasteiger partial charge is 0.295 e. The highest BCUT2D eigenvalue weighted by molar-refractivity contribution is 7.88. The van der Waals surface area contributed by atoms with E-state index in [2.05, 4.69) is 39.0 Å². The van der Waals surface area contributed by atoms with Crippen LogP contribution >= 0.6 is 0 Å². The van der Waals surface area contributed by atoms with E-state index in [9.17, 15) is 8.42 Å². The number of hydrogen-bond donors (Lipinski definition) is 1. The molecule has 0 unspecified atom stereocenters. The monoisotopic (exact) mass is 334 g/mol. The van der Waals surface area contributed by atoms with Crippen molar-refractivity contribution in [1.82, 2.24) is 19.4 Å². The highest BCUT2D eigenvalue weighted by Crippen LogP contribution is 2.20. The Morgan fingerprint density at radius 3 is 2.78 bits per heavy atom. The summed E-state index contributed by atoms with van der Waals surface area (Å²) < 4.78 is 27.3. The second-order valence-corrected chi connectivity index (χ2v) is 7.85. The van der Waals surface area contributed by atoms with Gasteiger partial charge in [0, 0.05) is 32.4 Å². The van der Waals surface area contributed by atoms with Gasteiger partial charge in [-0.1, -0.05) is 30.3 Å². The van der Waals surface area contributed by atoms with E-state index in [1.54, 1.807) is 6.20 Å². The summed E-state index contributed by atoms with van der Waals surface area (Å²) in [6.45, 7) is 2.96. The van der Waals surface area contributed by atoms with Crippen molar-refractivity contribution in [3.63, 3.8) is 0 Å². The molecule has 0 fully saturated rings. The number of aromatic nitrogens is 2. The van der Waals surface area contributed by atoms with E-state index in [-0.39, 0.29) is 6.04 Å². The van der Waals surface area contributed by atoms with Crippen molar-refractivity contribution in [3.8, 4) is 0 Å². The maximum atomic E-state index is 11.4. The number of sulfonamides is 1. The topological polar surface area (TPSA) is 67.2 Å².